The molecule has 0 saturated carbocycles. The molecule has 0 spiro atoms. The van der Waals surface area contributed by atoms with E-state index in [9.17, 15) is 9.90 Å². The van der Waals surface area contributed by atoms with E-state index in [0.717, 1.165) is 5.56 Å². The van der Waals surface area contributed by atoms with Crippen molar-refractivity contribution in [1.29, 1.82) is 5.53 Å². The fourth-order valence-electron chi connectivity index (χ4n) is 1.83. The molecule has 2 rings (SSSR count). The summed E-state index contributed by atoms with van der Waals surface area (Å²) in [7, 11) is 0. The molecule has 1 N–H and O–H groups in total. The van der Waals surface area contributed by atoms with Gasteiger partial charge in [0.15, 0.2) is 10.8 Å². The highest BCUT2D eigenvalue weighted by molar-refractivity contribution is 5.62. The van der Waals surface area contributed by atoms with Crippen LogP contribution in [0.1, 0.15) is 11.7 Å². The number of morpholine rings is 1. The molecule has 1 heterocycles. The molecule has 0 bridgehead atoms. The van der Waals surface area contributed by atoms with Gasteiger partial charge in [0.2, 0.25) is 4.91 Å². The standard InChI is InChI=1S/C11H12N4O3/c12-14-13-9-3-1-8(2-4-9)10-7-15(11(16)17)5-6-18-10/h1-4,10,12H,5-7H2. The molecular formula is C11H12N4O3. The van der Waals surface area contributed by atoms with Gasteiger partial charge in [0.05, 0.1) is 6.61 Å². The van der Waals surface area contributed by atoms with Crippen LogP contribution in [0, 0.1) is 5.53 Å². The molecule has 0 radical (unpaired) electrons. The second-order valence-electron chi connectivity index (χ2n) is 3.86. The molecular weight excluding hydrogens is 236 g/mol. The smallest absolute Gasteiger partial charge is 0.220 e. The van der Waals surface area contributed by atoms with Crippen molar-refractivity contribution < 1.29 is 14.6 Å². The Hall–Kier alpha value is -2.24. The van der Waals surface area contributed by atoms with Gasteiger partial charge in [-0.15, -0.1) is 0 Å². The summed E-state index contributed by atoms with van der Waals surface area (Å²) in [6.07, 6.45) is -1.47. The summed E-state index contributed by atoms with van der Waals surface area (Å²) in [5, 5.41) is 14.4. The summed E-state index contributed by atoms with van der Waals surface area (Å²) in [5.41, 5.74) is 8.05. The number of amides is 1. The van der Waals surface area contributed by atoms with E-state index in [2.05, 4.69) is 10.0 Å². The first-order chi connectivity index (χ1) is 8.70. The number of ether oxygens (including phenoxy) is 1. The maximum atomic E-state index is 10.8. The summed E-state index contributed by atoms with van der Waals surface area (Å²) in [4.78, 5) is 14.9. The number of nitrogens with one attached hydrogen (secondary N) is 1. The molecule has 1 fully saturated rings. The molecule has 1 saturated heterocycles. The number of carboxylic acid groups (broad SMARTS) is 1. The summed E-state index contributed by atoms with van der Waals surface area (Å²) in [6.45, 7) is 0.957. The topological polar surface area (TPSA) is 103 Å². The Morgan fingerprint density at radius 3 is 2.83 bits per heavy atom. The van der Waals surface area contributed by atoms with Gasteiger partial charge in [-0.05, 0) is 17.7 Å². The van der Waals surface area contributed by atoms with E-state index in [1.807, 2.05) is 0 Å². The fraction of sp³-hybridized carbons (Fsp3) is 0.364. The lowest BCUT2D eigenvalue weighted by atomic mass is 10.1. The molecule has 1 aliphatic heterocycles. The van der Waals surface area contributed by atoms with E-state index in [1.165, 1.54) is 4.90 Å². The number of hydrogen-bond donors (Lipinski definition) is 1. The average Bonchev–Trinajstić information content (AvgIpc) is 2.40. The van der Waals surface area contributed by atoms with Gasteiger partial charge in [-0.25, -0.2) is 0 Å². The number of carbonyl (C=O) groups excluding carboxylic acids is 1. The van der Waals surface area contributed by atoms with Gasteiger partial charge >= 0.3 is 0 Å². The molecule has 1 aromatic rings. The monoisotopic (exact) mass is 248 g/mol. The van der Waals surface area contributed by atoms with Gasteiger partial charge in [0.1, 0.15) is 17.7 Å². The SMILES string of the molecule is N=[N+]=Nc1ccc(C2CN(C(=O)[O-])CCO2)cc1. The predicted octanol–water partition coefficient (Wildman–Crippen LogP) is 0.585. The van der Waals surface area contributed by atoms with Gasteiger partial charge in [-0.1, -0.05) is 12.1 Å². The largest absolute Gasteiger partial charge is 0.530 e. The highest BCUT2D eigenvalue weighted by Gasteiger charge is 2.21. The van der Waals surface area contributed by atoms with Crippen LogP contribution in [0.25, 0.3) is 0 Å². The third-order valence-electron chi connectivity index (χ3n) is 2.75. The molecule has 18 heavy (non-hydrogen) atoms. The van der Waals surface area contributed by atoms with Gasteiger partial charge in [0.25, 0.3) is 0 Å². The van der Waals surface area contributed by atoms with E-state index in [-0.39, 0.29) is 12.6 Å². The first kappa shape index (κ1) is 12.2. The van der Waals surface area contributed by atoms with E-state index < -0.39 is 6.09 Å². The summed E-state index contributed by atoms with van der Waals surface area (Å²) in [5.74, 6) is 0. The van der Waals surface area contributed by atoms with Crippen LogP contribution in [0.15, 0.2) is 29.4 Å². The van der Waals surface area contributed by atoms with Gasteiger partial charge < -0.3 is 19.5 Å². The second-order valence-corrected chi connectivity index (χ2v) is 3.86. The molecule has 0 aliphatic carbocycles. The first-order valence-corrected chi connectivity index (χ1v) is 5.45. The average molecular weight is 248 g/mol. The molecule has 1 aromatic carbocycles. The zero-order valence-corrected chi connectivity index (χ0v) is 9.57. The van der Waals surface area contributed by atoms with Gasteiger partial charge in [-0.2, -0.15) is 0 Å². The van der Waals surface area contributed by atoms with E-state index in [0.29, 0.717) is 18.8 Å². The molecule has 1 atom stereocenters. The molecule has 1 amide bonds. The molecule has 1 aliphatic rings. The van der Waals surface area contributed by atoms with Crippen molar-refractivity contribution in [3.63, 3.8) is 0 Å². The van der Waals surface area contributed by atoms with Crippen LogP contribution < -0.4 is 10.0 Å². The lowest BCUT2D eigenvalue weighted by molar-refractivity contribution is -0.270. The van der Waals surface area contributed by atoms with Crippen LogP contribution in [0.3, 0.4) is 0 Å². The number of carbonyl (C=O) groups is 1. The Labute approximate surface area is 103 Å². The van der Waals surface area contributed by atoms with E-state index in [4.69, 9.17) is 10.3 Å². The van der Waals surface area contributed by atoms with E-state index >= 15 is 0 Å². The molecule has 94 valence electrons. The van der Waals surface area contributed by atoms with Crippen LogP contribution >= 0.6 is 0 Å². The third kappa shape index (κ3) is 2.71. The van der Waals surface area contributed by atoms with Crippen molar-refractivity contribution >= 4 is 11.8 Å². The maximum absolute atomic E-state index is 10.8. The highest BCUT2D eigenvalue weighted by atomic mass is 16.5. The maximum Gasteiger partial charge on any atom is 0.220 e. The van der Waals surface area contributed by atoms with Crippen LogP contribution in [0.2, 0.25) is 0 Å². The fourth-order valence-corrected chi connectivity index (χ4v) is 1.83. The minimum atomic E-state index is -1.18. The Morgan fingerprint density at radius 1 is 1.50 bits per heavy atom. The minimum Gasteiger partial charge on any atom is -0.530 e. The minimum absolute atomic E-state index is 0.266. The Morgan fingerprint density at radius 2 is 2.22 bits per heavy atom. The van der Waals surface area contributed by atoms with E-state index in [1.54, 1.807) is 24.3 Å². The highest BCUT2D eigenvalue weighted by Crippen LogP contribution is 2.24. The van der Waals surface area contributed by atoms with Crippen molar-refractivity contribution in [1.82, 2.24) is 9.81 Å². The van der Waals surface area contributed by atoms with Gasteiger partial charge in [-0.3, -0.25) is 0 Å². The number of rotatable bonds is 2. The summed E-state index contributed by atoms with van der Waals surface area (Å²) >= 11 is 0. The number of hydrogen-bond acceptors (Lipinski definition) is 5. The summed E-state index contributed by atoms with van der Waals surface area (Å²) in [6, 6.07) is 6.98. The molecule has 7 nitrogen and oxygen atoms in total. The summed E-state index contributed by atoms with van der Waals surface area (Å²) < 4.78 is 5.52. The molecule has 1 unspecified atom stereocenters. The van der Waals surface area contributed by atoms with Crippen molar-refractivity contribution in [2.45, 2.75) is 6.10 Å². The van der Waals surface area contributed by atoms with Crippen LogP contribution in [0.5, 0.6) is 0 Å². The number of nitrogens with zero attached hydrogens (tertiary/aromatic N) is 3. The second kappa shape index (κ2) is 5.39. The van der Waals surface area contributed by atoms with Crippen molar-refractivity contribution in [3.8, 4) is 0 Å². The normalized spacial score (nSPS) is 19.1. The lowest BCUT2D eigenvalue weighted by Gasteiger charge is -2.34. The Balaban J connectivity index is 2.11. The first-order valence-electron chi connectivity index (χ1n) is 5.45. The molecule has 0 aromatic heterocycles. The Bertz CT molecular complexity index is 482. The Kier molecular flexibility index (Phi) is 3.66. The van der Waals surface area contributed by atoms with Crippen LogP contribution in [0.4, 0.5) is 10.5 Å². The van der Waals surface area contributed by atoms with Crippen LogP contribution in [-0.4, -0.2) is 30.7 Å². The van der Waals surface area contributed by atoms with Gasteiger partial charge in [0, 0.05) is 13.1 Å². The lowest BCUT2D eigenvalue weighted by Crippen LogP contribution is -2.48. The van der Waals surface area contributed by atoms with Crippen molar-refractivity contribution in [2.24, 2.45) is 5.11 Å². The predicted molar refractivity (Wildman–Crippen MR) is 59.0 cm³/mol. The van der Waals surface area contributed by atoms with Crippen molar-refractivity contribution in [2.75, 3.05) is 19.7 Å². The van der Waals surface area contributed by atoms with Crippen molar-refractivity contribution in [3.05, 3.63) is 29.8 Å². The third-order valence-corrected chi connectivity index (χ3v) is 2.75. The number of benzene rings is 1. The molecule has 7 heteroatoms. The van der Waals surface area contributed by atoms with Crippen LogP contribution in [-0.2, 0) is 4.74 Å². The quantitative estimate of drug-likeness (QED) is 0.611. The zero-order valence-electron chi connectivity index (χ0n) is 9.57. The zero-order chi connectivity index (χ0) is 13.0.